The number of imidazole rings is 1. The van der Waals surface area contributed by atoms with Crippen molar-refractivity contribution in [2.24, 2.45) is 0 Å². The Labute approximate surface area is 178 Å². The SMILES string of the molecule is COCCn1c(SCC(=O)N(C)Cc2ccc(Cl)c(Cl)c2)nc2ccccc21. The first kappa shape index (κ1) is 21.0. The van der Waals surface area contributed by atoms with E-state index in [2.05, 4.69) is 9.55 Å². The zero-order valence-electron chi connectivity index (χ0n) is 15.7. The molecular weight excluding hydrogens is 417 g/mol. The molecule has 0 spiro atoms. The molecule has 1 aromatic heterocycles. The number of benzene rings is 2. The number of fused-ring (bicyclic) bond motifs is 1. The van der Waals surface area contributed by atoms with Crippen molar-refractivity contribution < 1.29 is 9.53 Å². The second-order valence-electron chi connectivity index (χ2n) is 6.31. The van der Waals surface area contributed by atoms with Crippen LogP contribution in [0.15, 0.2) is 47.6 Å². The largest absolute Gasteiger partial charge is 0.383 e. The summed E-state index contributed by atoms with van der Waals surface area (Å²) in [4.78, 5) is 18.9. The number of amides is 1. The van der Waals surface area contributed by atoms with Gasteiger partial charge in [-0.25, -0.2) is 4.98 Å². The number of carbonyl (C=O) groups is 1. The molecule has 0 saturated carbocycles. The van der Waals surface area contributed by atoms with E-state index in [9.17, 15) is 4.79 Å². The molecule has 0 aliphatic heterocycles. The van der Waals surface area contributed by atoms with E-state index in [1.165, 1.54) is 11.8 Å². The van der Waals surface area contributed by atoms with Crippen LogP contribution in [0.5, 0.6) is 0 Å². The molecular formula is C20H21Cl2N3O2S. The summed E-state index contributed by atoms with van der Waals surface area (Å²) in [6.45, 7) is 1.74. The van der Waals surface area contributed by atoms with Gasteiger partial charge in [-0.1, -0.05) is 53.2 Å². The Hall–Kier alpha value is -1.73. The third-order valence-corrected chi connectivity index (χ3v) is 5.99. The summed E-state index contributed by atoms with van der Waals surface area (Å²) in [5.41, 5.74) is 2.89. The van der Waals surface area contributed by atoms with Gasteiger partial charge in [-0.05, 0) is 29.8 Å². The van der Waals surface area contributed by atoms with Crippen LogP contribution >= 0.6 is 35.0 Å². The first-order valence-corrected chi connectivity index (χ1v) is 10.5. The van der Waals surface area contributed by atoms with E-state index >= 15 is 0 Å². The summed E-state index contributed by atoms with van der Waals surface area (Å²) in [6.07, 6.45) is 0. The van der Waals surface area contributed by atoms with Crippen molar-refractivity contribution in [2.75, 3.05) is 26.5 Å². The number of halogens is 2. The molecule has 1 amide bonds. The fourth-order valence-electron chi connectivity index (χ4n) is 2.80. The fraction of sp³-hybridized carbons (Fsp3) is 0.300. The van der Waals surface area contributed by atoms with Crippen LogP contribution in [-0.2, 0) is 22.6 Å². The predicted octanol–water partition coefficient (Wildman–Crippen LogP) is 4.74. The number of nitrogens with zero attached hydrogens (tertiary/aromatic N) is 3. The standard InChI is InChI=1S/C20H21Cl2N3O2S/c1-24(12-14-7-8-15(21)16(22)11-14)19(26)13-28-20-23-17-5-3-4-6-18(17)25(20)9-10-27-2/h3-8,11H,9-10,12-13H2,1-2H3. The maximum Gasteiger partial charge on any atom is 0.233 e. The molecule has 0 fully saturated rings. The lowest BCUT2D eigenvalue weighted by atomic mass is 10.2. The number of para-hydroxylation sites is 2. The molecule has 0 N–H and O–H groups in total. The molecule has 148 valence electrons. The number of aromatic nitrogens is 2. The monoisotopic (exact) mass is 437 g/mol. The highest BCUT2D eigenvalue weighted by Gasteiger charge is 2.15. The maximum absolute atomic E-state index is 12.6. The van der Waals surface area contributed by atoms with Crippen molar-refractivity contribution in [1.82, 2.24) is 14.5 Å². The lowest BCUT2D eigenvalue weighted by molar-refractivity contribution is -0.127. The number of methoxy groups -OCH3 is 1. The number of hydrogen-bond acceptors (Lipinski definition) is 4. The smallest absolute Gasteiger partial charge is 0.233 e. The topological polar surface area (TPSA) is 47.4 Å². The highest BCUT2D eigenvalue weighted by molar-refractivity contribution is 7.99. The minimum absolute atomic E-state index is 0.0152. The van der Waals surface area contributed by atoms with Crippen LogP contribution in [0.3, 0.4) is 0 Å². The molecule has 5 nitrogen and oxygen atoms in total. The first-order chi connectivity index (χ1) is 13.5. The molecule has 0 aliphatic carbocycles. The number of ether oxygens (including phenoxy) is 1. The van der Waals surface area contributed by atoms with Crippen LogP contribution in [0.4, 0.5) is 0 Å². The lowest BCUT2D eigenvalue weighted by Gasteiger charge is -2.17. The van der Waals surface area contributed by atoms with Crippen molar-refractivity contribution in [3.8, 4) is 0 Å². The number of thioether (sulfide) groups is 1. The third-order valence-electron chi connectivity index (χ3n) is 4.29. The van der Waals surface area contributed by atoms with E-state index in [-0.39, 0.29) is 5.91 Å². The molecule has 0 atom stereocenters. The Morgan fingerprint density at radius 2 is 2.00 bits per heavy atom. The molecule has 2 aromatic carbocycles. The van der Waals surface area contributed by atoms with Crippen LogP contribution in [0.2, 0.25) is 10.0 Å². The Bertz CT molecular complexity index is 977. The summed E-state index contributed by atoms with van der Waals surface area (Å²) in [5.74, 6) is 0.315. The molecule has 8 heteroatoms. The van der Waals surface area contributed by atoms with E-state index in [1.807, 2.05) is 30.3 Å². The summed E-state index contributed by atoms with van der Waals surface area (Å²) in [5, 5.41) is 1.81. The zero-order valence-corrected chi connectivity index (χ0v) is 18.0. The summed E-state index contributed by atoms with van der Waals surface area (Å²) in [6, 6.07) is 13.3. The van der Waals surface area contributed by atoms with E-state index in [0.717, 1.165) is 21.8 Å². The zero-order chi connectivity index (χ0) is 20.1. The highest BCUT2D eigenvalue weighted by atomic mass is 35.5. The van der Waals surface area contributed by atoms with Crippen LogP contribution in [0, 0.1) is 0 Å². The average molecular weight is 438 g/mol. The van der Waals surface area contributed by atoms with Crippen molar-refractivity contribution >= 4 is 51.9 Å². The van der Waals surface area contributed by atoms with E-state index < -0.39 is 0 Å². The lowest BCUT2D eigenvalue weighted by Crippen LogP contribution is -2.28. The normalized spacial score (nSPS) is 11.1. The molecule has 1 heterocycles. The van der Waals surface area contributed by atoms with Gasteiger partial charge in [0.2, 0.25) is 5.91 Å². The van der Waals surface area contributed by atoms with Gasteiger partial charge in [-0.2, -0.15) is 0 Å². The summed E-state index contributed by atoms with van der Waals surface area (Å²) in [7, 11) is 3.45. The summed E-state index contributed by atoms with van der Waals surface area (Å²) < 4.78 is 7.31. The Balaban J connectivity index is 1.67. The van der Waals surface area contributed by atoms with E-state index in [1.54, 1.807) is 31.2 Å². The van der Waals surface area contributed by atoms with Crippen LogP contribution in [0.1, 0.15) is 5.56 Å². The minimum Gasteiger partial charge on any atom is -0.383 e. The Kier molecular flexibility index (Phi) is 7.24. The number of rotatable bonds is 8. The van der Waals surface area contributed by atoms with Crippen molar-refractivity contribution in [1.29, 1.82) is 0 Å². The van der Waals surface area contributed by atoms with Gasteiger partial charge < -0.3 is 14.2 Å². The molecule has 0 bridgehead atoms. The van der Waals surface area contributed by atoms with Gasteiger partial charge in [-0.3, -0.25) is 4.79 Å². The van der Waals surface area contributed by atoms with Crippen LogP contribution in [-0.4, -0.2) is 46.9 Å². The van der Waals surface area contributed by atoms with Gasteiger partial charge in [0.05, 0.1) is 33.4 Å². The molecule has 3 aromatic rings. The number of hydrogen-bond donors (Lipinski definition) is 0. The summed E-state index contributed by atoms with van der Waals surface area (Å²) >= 11 is 13.4. The van der Waals surface area contributed by atoms with Crippen molar-refractivity contribution in [2.45, 2.75) is 18.2 Å². The van der Waals surface area contributed by atoms with Crippen LogP contribution < -0.4 is 0 Å². The fourth-order valence-corrected chi connectivity index (χ4v) is 4.10. The molecule has 0 saturated heterocycles. The average Bonchev–Trinajstić information content (AvgIpc) is 3.04. The van der Waals surface area contributed by atoms with E-state index in [0.29, 0.717) is 35.5 Å². The molecule has 3 rings (SSSR count). The Morgan fingerprint density at radius 3 is 2.75 bits per heavy atom. The van der Waals surface area contributed by atoms with E-state index in [4.69, 9.17) is 27.9 Å². The second-order valence-corrected chi connectivity index (χ2v) is 8.07. The van der Waals surface area contributed by atoms with Gasteiger partial charge >= 0.3 is 0 Å². The first-order valence-electron chi connectivity index (χ1n) is 8.74. The second kappa shape index (κ2) is 9.65. The van der Waals surface area contributed by atoms with Crippen LogP contribution in [0.25, 0.3) is 11.0 Å². The third kappa shape index (κ3) is 5.00. The van der Waals surface area contributed by atoms with Gasteiger partial charge in [0.15, 0.2) is 5.16 Å². The molecule has 0 aliphatic rings. The predicted molar refractivity (Wildman–Crippen MR) is 115 cm³/mol. The maximum atomic E-state index is 12.6. The Morgan fingerprint density at radius 1 is 1.21 bits per heavy atom. The van der Waals surface area contributed by atoms with Gasteiger partial charge in [0.1, 0.15) is 0 Å². The van der Waals surface area contributed by atoms with Crippen molar-refractivity contribution in [3.63, 3.8) is 0 Å². The minimum atomic E-state index is 0.0152. The quantitative estimate of drug-likeness (QED) is 0.477. The highest BCUT2D eigenvalue weighted by Crippen LogP contribution is 2.25. The van der Waals surface area contributed by atoms with Gasteiger partial charge in [-0.15, -0.1) is 0 Å². The molecule has 28 heavy (non-hydrogen) atoms. The molecule has 0 radical (unpaired) electrons. The van der Waals surface area contributed by atoms with Gasteiger partial charge in [0.25, 0.3) is 0 Å². The molecule has 0 unspecified atom stereocenters. The van der Waals surface area contributed by atoms with Crippen molar-refractivity contribution in [3.05, 3.63) is 58.1 Å². The van der Waals surface area contributed by atoms with Gasteiger partial charge in [0, 0.05) is 27.2 Å². The number of carbonyl (C=O) groups excluding carboxylic acids is 1.